The maximum absolute atomic E-state index is 5.77. The highest BCUT2D eigenvalue weighted by molar-refractivity contribution is 5.56. The average Bonchev–Trinajstić information content (AvgIpc) is 2.37. The minimum atomic E-state index is 0.162. The van der Waals surface area contributed by atoms with E-state index in [-0.39, 0.29) is 6.10 Å². The van der Waals surface area contributed by atoms with E-state index in [0.29, 0.717) is 0 Å². The molecule has 0 aliphatic heterocycles. The number of nitrogens with one attached hydrogen (secondary N) is 1. The minimum Gasteiger partial charge on any atom is -0.489 e. The van der Waals surface area contributed by atoms with Crippen LogP contribution in [-0.4, -0.2) is 6.10 Å². The molecule has 0 saturated heterocycles. The smallest absolute Gasteiger partial charge is 0.142 e. The topological polar surface area (TPSA) is 47.3 Å². The summed E-state index contributed by atoms with van der Waals surface area (Å²) in [6.07, 6.45) is 0.162. The molecule has 19 heavy (non-hydrogen) atoms. The standard InChI is InChI=1S/C16H20N2O/c1-12(2)19-16-9-4-3-8-15(16)18-11-13-6-5-7-14(17)10-13/h3-10,12,18H,11,17H2,1-2H3. The summed E-state index contributed by atoms with van der Waals surface area (Å²) in [5, 5.41) is 3.38. The van der Waals surface area contributed by atoms with Crippen LogP contribution in [0.25, 0.3) is 0 Å². The quantitative estimate of drug-likeness (QED) is 0.802. The first-order valence-electron chi connectivity index (χ1n) is 6.49. The molecule has 2 rings (SSSR count). The van der Waals surface area contributed by atoms with Crippen LogP contribution in [0.2, 0.25) is 0 Å². The molecular weight excluding hydrogens is 236 g/mol. The summed E-state index contributed by atoms with van der Waals surface area (Å²) in [4.78, 5) is 0. The van der Waals surface area contributed by atoms with Crippen LogP contribution in [0.5, 0.6) is 5.75 Å². The van der Waals surface area contributed by atoms with Gasteiger partial charge in [0.15, 0.2) is 0 Å². The maximum atomic E-state index is 5.77. The van der Waals surface area contributed by atoms with Crippen LogP contribution in [0.15, 0.2) is 48.5 Å². The fourth-order valence-electron chi connectivity index (χ4n) is 1.87. The highest BCUT2D eigenvalue weighted by atomic mass is 16.5. The van der Waals surface area contributed by atoms with Gasteiger partial charge in [0.05, 0.1) is 11.8 Å². The van der Waals surface area contributed by atoms with E-state index in [4.69, 9.17) is 10.5 Å². The number of ether oxygens (including phenoxy) is 1. The summed E-state index contributed by atoms with van der Waals surface area (Å²) in [5.74, 6) is 0.876. The van der Waals surface area contributed by atoms with Gasteiger partial charge in [0.25, 0.3) is 0 Å². The predicted molar refractivity (Wildman–Crippen MR) is 80.4 cm³/mol. The Bertz CT molecular complexity index is 538. The van der Waals surface area contributed by atoms with Crippen molar-refractivity contribution in [3.8, 4) is 5.75 Å². The molecular formula is C16H20N2O. The molecule has 3 N–H and O–H groups in total. The molecule has 0 aliphatic rings. The first kappa shape index (κ1) is 13.3. The van der Waals surface area contributed by atoms with E-state index in [2.05, 4.69) is 11.4 Å². The second-order valence-corrected chi connectivity index (χ2v) is 4.76. The molecule has 0 atom stereocenters. The van der Waals surface area contributed by atoms with Crippen LogP contribution in [-0.2, 0) is 6.54 Å². The van der Waals surface area contributed by atoms with Crippen LogP contribution in [0, 0.1) is 0 Å². The van der Waals surface area contributed by atoms with E-state index in [1.54, 1.807) is 0 Å². The molecule has 3 heteroatoms. The molecule has 100 valence electrons. The molecule has 0 spiro atoms. The lowest BCUT2D eigenvalue weighted by molar-refractivity contribution is 0.243. The van der Waals surface area contributed by atoms with Gasteiger partial charge in [-0.15, -0.1) is 0 Å². The Morgan fingerprint density at radius 3 is 2.63 bits per heavy atom. The van der Waals surface area contributed by atoms with E-state index >= 15 is 0 Å². The number of anilines is 2. The van der Waals surface area contributed by atoms with Gasteiger partial charge in [0.1, 0.15) is 5.75 Å². The second kappa shape index (κ2) is 6.14. The average molecular weight is 256 g/mol. The van der Waals surface area contributed by atoms with E-state index in [0.717, 1.165) is 29.2 Å². The molecule has 0 fully saturated rings. The number of rotatable bonds is 5. The second-order valence-electron chi connectivity index (χ2n) is 4.76. The zero-order chi connectivity index (χ0) is 13.7. The number of benzene rings is 2. The molecule has 2 aromatic carbocycles. The van der Waals surface area contributed by atoms with Crippen LogP contribution >= 0.6 is 0 Å². The maximum Gasteiger partial charge on any atom is 0.142 e. The third-order valence-corrected chi connectivity index (χ3v) is 2.68. The van der Waals surface area contributed by atoms with Crippen molar-refractivity contribution in [2.45, 2.75) is 26.5 Å². The van der Waals surface area contributed by atoms with Gasteiger partial charge < -0.3 is 15.8 Å². The Kier molecular flexibility index (Phi) is 4.29. The number of nitrogen functional groups attached to an aromatic ring is 1. The van der Waals surface area contributed by atoms with Gasteiger partial charge in [-0.3, -0.25) is 0 Å². The molecule has 3 nitrogen and oxygen atoms in total. The van der Waals surface area contributed by atoms with Gasteiger partial charge in [-0.1, -0.05) is 24.3 Å². The molecule has 0 radical (unpaired) electrons. The van der Waals surface area contributed by atoms with Crippen molar-refractivity contribution < 1.29 is 4.74 Å². The zero-order valence-corrected chi connectivity index (χ0v) is 11.4. The largest absolute Gasteiger partial charge is 0.489 e. The van der Waals surface area contributed by atoms with Crippen molar-refractivity contribution in [2.24, 2.45) is 0 Å². The summed E-state index contributed by atoms with van der Waals surface area (Å²) in [6.45, 7) is 4.77. The zero-order valence-electron chi connectivity index (χ0n) is 11.4. The van der Waals surface area contributed by atoms with Crippen LogP contribution in [0.3, 0.4) is 0 Å². The van der Waals surface area contributed by atoms with Crippen LogP contribution < -0.4 is 15.8 Å². The Balaban J connectivity index is 2.07. The van der Waals surface area contributed by atoms with Crippen molar-refractivity contribution in [1.82, 2.24) is 0 Å². The van der Waals surface area contributed by atoms with Crippen molar-refractivity contribution in [3.63, 3.8) is 0 Å². The van der Waals surface area contributed by atoms with Gasteiger partial charge in [-0.25, -0.2) is 0 Å². The van der Waals surface area contributed by atoms with Crippen molar-refractivity contribution in [3.05, 3.63) is 54.1 Å². The first-order valence-corrected chi connectivity index (χ1v) is 6.49. The number of para-hydroxylation sites is 2. The van der Waals surface area contributed by atoms with Crippen molar-refractivity contribution in [1.29, 1.82) is 0 Å². The summed E-state index contributed by atoms with van der Waals surface area (Å²) >= 11 is 0. The summed E-state index contributed by atoms with van der Waals surface area (Å²) < 4.78 is 5.77. The molecule has 0 unspecified atom stereocenters. The lowest BCUT2D eigenvalue weighted by Gasteiger charge is -2.15. The third kappa shape index (κ3) is 3.91. The van der Waals surface area contributed by atoms with E-state index < -0.39 is 0 Å². The Morgan fingerprint density at radius 2 is 1.89 bits per heavy atom. The monoisotopic (exact) mass is 256 g/mol. The molecule has 0 aliphatic carbocycles. The van der Waals surface area contributed by atoms with Crippen molar-refractivity contribution in [2.75, 3.05) is 11.1 Å². The van der Waals surface area contributed by atoms with Gasteiger partial charge in [0, 0.05) is 12.2 Å². The lowest BCUT2D eigenvalue weighted by atomic mass is 10.2. The molecule has 0 heterocycles. The van der Waals surface area contributed by atoms with Crippen molar-refractivity contribution >= 4 is 11.4 Å². The molecule has 2 aromatic rings. The van der Waals surface area contributed by atoms with Gasteiger partial charge in [-0.05, 0) is 43.7 Å². The number of hydrogen-bond acceptors (Lipinski definition) is 3. The fraction of sp³-hybridized carbons (Fsp3) is 0.250. The molecule has 0 amide bonds. The Morgan fingerprint density at radius 1 is 1.11 bits per heavy atom. The Labute approximate surface area is 114 Å². The highest BCUT2D eigenvalue weighted by Gasteiger charge is 2.04. The van der Waals surface area contributed by atoms with E-state index in [1.807, 2.05) is 56.3 Å². The SMILES string of the molecule is CC(C)Oc1ccccc1NCc1cccc(N)c1. The fourth-order valence-corrected chi connectivity index (χ4v) is 1.87. The summed E-state index contributed by atoms with van der Waals surface area (Å²) in [7, 11) is 0. The number of nitrogens with two attached hydrogens (primary N) is 1. The third-order valence-electron chi connectivity index (χ3n) is 2.68. The Hall–Kier alpha value is -2.16. The van der Waals surface area contributed by atoms with Crippen LogP contribution in [0.4, 0.5) is 11.4 Å². The van der Waals surface area contributed by atoms with Crippen LogP contribution in [0.1, 0.15) is 19.4 Å². The van der Waals surface area contributed by atoms with E-state index in [1.165, 1.54) is 0 Å². The minimum absolute atomic E-state index is 0.162. The summed E-state index contributed by atoms with van der Waals surface area (Å²) in [6, 6.07) is 15.8. The molecule has 0 bridgehead atoms. The van der Waals surface area contributed by atoms with Gasteiger partial charge >= 0.3 is 0 Å². The normalized spacial score (nSPS) is 10.5. The molecule has 0 saturated carbocycles. The predicted octanol–water partition coefficient (Wildman–Crippen LogP) is 3.67. The van der Waals surface area contributed by atoms with E-state index in [9.17, 15) is 0 Å². The molecule has 0 aromatic heterocycles. The first-order chi connectivity index (χ1) is 9.15. The number of hydrogen-bond donors (Lipinski definition) is 2. The van der Waals surface area contributed by atoms with Gasteiger partial charge in [-0.2, -0.15) is 0 Å². The van der Waals surface area contributed by atoms with Gasteiger partial charge in [0.2, 0.25) is 0 Å². The highest BCUT2D eigenvalue weighted by Crippen LogP contribution is 2.25. The summed E-state index contributed by atoms with van der Waals surface area (Å²) in [5.41, 5.74) is 8.71. The lowest BCUT2D eigenvalue weighted by Crippen LogP contribution is -2.08.